The van der Waals surface area contributed by atoms with E-state index < -0.39 is 11.9 Å². The lowest BCUT2D eigenvalue weighted by atomic mass is 9.68. The van der Waals surface area contributed by atoms with Crippen molar-refractivity contribution in [2.75, 3.05) is 13.2 Å². The summed E-state index contributed by atoms with van der Waals surface area (Å²) in [5, 5.41) is 3.68. The summed E-state index contributed by atoms with van der Waals surface area (Å²) in [6.07, 6.45) is 2.31. The van der Waals surface area contributed by atoms with Gasteiger partial charge in [-0.15, -0.1) is 0 Å². The molecule has 0 spiro atoms. The molecule has 3 aromatic rings. The van der Waals surface area contributed by atoms with E-state index in [9.17, 15) is 14.4 Å². The van der Waals surface area contributed by atoms with E-state index >= 15 is 0 Å². The van der Waals surface area contributed by atoms with Gasteiger partial charge < -0.3 is 19.2 Å². The third-order valence-electron chi connectivity index (χ3n) is 6.81. The van der Waals surface area contributed by atoms with E-state index in [0.29, 0.717) is 40.8 Å². The highest BCUT2D eigenvalue weighted by Gasteiger charge is 2.44. The highest BCUT2D eigenvalue weighted by Crippen LogP contribution is 2.46. The molecular weight excluding hydrogens is 470 g/mol. The summed E-state index contributed by atoms with van der Waals surface area (Å²) >= 11 is 0. The zero-order valence-electron chi connectivity index (χ0n) is 21.1. The summed E-state index contributed by atoms with van der Waals surface area (Å²) in [6, 6.07) is 16.2. The van der Waals surface area contributed by atoms with Crippen molar-refractivity contribution in [2.45, 2.75) is 39.5 Å². The lowest BCUT2D eigenvalue weighted by Gasteiger charge is -2.39. The topological polar surface area (TPSA) is 94.8 Å². The van der Waals surface area contributed by atoms with Crippen molar-refractivity contribution in [3.63, 3.8) is 0 Å². The maximum atomic E-state index is 13.6. The molecule has 0 saturated carbocycles. The van der Waals surface area contributed by atoms with Crippen LogP contribution in [0.1, 0.15) is 45.1 Å². The van der Waals surface area contributed by atoms with Crippen LogP contribution in [0.3, 0.4) is 0 Å². The van der Waals surface area contributed by atoms with Crippen LogP contribution in [0.4, 0.5) is 0 Å². The number of Topliss-reactive ketones (excluding diaryl/α,β-unsaturated/α-hetero) is 1. The number of nitrogens with one attached hydrogen (secondary N) is 1. The van der Waals surface area contributed by atoms with Gasteiger partial charge in [-0.05, 0) is 43.0 Å². The number of carbonyl (C=O) groups excluding carboxylic acids is 2. The van der Waals surface area contributed by atoms with E-state index in [1.165, 1.54) is 6.26 Å². The second-order valence-electron chi connectivity index (χ2n) is 10.2. The number of dihydropyridines is 1. The summed E-state index contributed by atoms with van der Waals surface area (Å²) in [4.78, 5) is 40.5. The highest BCUT2D eigenvalue weighted by molar-refractivity contribution is 6.04. The molecule has 0 amide bonds. The fourth-order valence-electron chi connectivity index (χ4n) is 5.20. The van der Waals surface area contributed by atoms with Gasteiger partial charge in [0.2, 0.25) is 0 Å². The number of para-hydroxylation sites is 2. The minimum absolute atomic E-state index is 0.0104. The van der Waals surface area contributed by atoms with Crippen molar-refractivity contribution < 1.29 is 23.5 Å². The normalized spacial score (nSPS) is 18.9. The van der Waals surface area contributed by atoms with Crippen molar-refractivity contribution in [1.82, 2.24) is 5.32 Å². The number of fused-ring (bicyclic) bond motifs is 1. The number of esters is 1. The Kier molecular flexibility index (Phi) is 6.46. The number of benzene rings is 2. The first kappa shape index (κ1) is 24.6. The van der Waals surface area contributed by atoms with Crippen LogP contribution in [0, 0.1) is 5.41 Å². The second-order valence-corrected chi connectivity index (χ2v) is 10.2. The molecule has 0 radical (unpaired) electrons. The predicted molar refractivity (Wildman–Crippen MR) is 139 cm³/mol. The molecule has 0 unspecified atom stereocenters. The molecule has 1 atom stereocenters. The van der Waals surface area contributed by atoms with E-state index in [1.54, 1.807) is 31.2 Å². The lowest BCUT2D eigenvalue weighted by Crippen LogP contribution is -2.39. The van der Waals surface area contributed by atoms with Gasteiger partial charge in [0.15, 0.2) is 11.2 Å². The molecule has 37 heavy (non-hydrogen) atoms. The van der Waals surface area contributed by atoms with Crippen LogP contribution in [0.2, 0.25) is 0 Å². The average Bonchev–Trinajstić information content (AvgIpc) is 2.86. The number of ketones is 1. The molecule has 1 aliphatic carbocycles. The summed E-state index contributed by atoms with van der Waals surface area (Å²) in [5.74, 6) is -0.918. The zero-order valence-corrected chi connectivity index (χ0v) is 21.1. The van der Waals surface area contributed by atoms with Gasteiger partial charge in [-0.2, -0.15) is 0 Å². The molecule has 1 N–H and O–H groups in total. The van der Waals surface area contributed by atoms with E-state index in [-0.39, 0.29) is 41.0 Å². The Labute approximate surface area is 214 Å². The van der Waals surface area contributed by atoms with Crippen molar-refractivity contribution in [3.8, 4) is 5.75 Å². The van der Waals surface area contributed by atoms with Crippen molar-refractivity contribution >= 4 is 22.7 Å². The smallest absolute Gasteiger partial charge is 0.336 e. The fourth-order valence-corrected chi connectivity index (χ4v) is 5.20. The van der Waals surface area contributed by atoms with Gasteiger partial charge in [-0.1, -0.05) is 44.2 Å². The summed E-state index contributed by atoms with van der Waals surface area (Å²) in [7, 11) is 0. The van der Waals surface area contributed by atoms with Crippen LogP contribution in [0.25, 0.3) is 11.0 Å². The van der Waals surface area contributed by atoms with E-state index in [1.807, 2.05) is 44.2 Å². The Bertz CT molecular complexity index is 1500. The maximum Gasteiger partial charge on any atom is 0.336 e. The largest absolute Gasteiger partial charge is 0.490 e. The first-order valence-corrected chi connectivity index (χ1v) is 12.3. The standard InChI is InChI=1S/C30H29NO6/c1-18-25(29(34)36-14-13-35-19-9-5-4-6-10-19)26(27-22(31-18)15-30(2,3)16-23(27)32)21-17-37-24-12-8-7-11-20(24)28(21)33/h4-12,17,26,31H,13-16H2,1-3H3/t26-/m0/s1. The van der Waals surface area contributed by atoms with Crippen LogP contribution < -0.4 is 15.5 Å². The Morgan fingerprint density at radius 3 is 2.54 bits per heavy atom. The molecule has 7 nitrogen and oxygen atoms in total. The molecule has 0 bridgehead atoms. The quantitative estimate of drug-likeness (QED) is 0.376. The molecule has 5 rings (SSSR count). The van der Waals surface area contributed by atoms with Gasteiger partial charge in [0, 0.05) is 29.0 Å². The summed E-state index contributed by atoms with van der Waals surface area (Å²) in [5.41, 5.74) is 2.12. The Morgan fingerprint density at radius 2 is 1.76 bits per heavy atom. The average molecular weight is 500 g/mol. The Balaban J connectivity index is 1.51. The van der Waals surface area contributed by atoms with Gasteiger partial charge in [0.25, 0.3) is 0 Å². The van der Waals surface area contributed by atoms with Crippen LogP contribution in [0.15, 0.2) is 92.6 Å². The first-order chi connectivity index (χ1) is 17.7. The molecule has 0 fully saturated rings. The Morgan fingerprint density at radius 1 is 1.03 bits per heavy atom. The molecule has 2 heterocycles. The molecule has 2 aromatic carbocycles. The number of allylic oxidation sites excluding steroid dienone is 3. The first-order valence-electron chi connectivity index (χ1n) is 12.3. The third-order valence-corrected chi connectivity index (χ3v) is 6.81. The SMILES string of the molecule is CC1=C(C(=O)OCCOc2ccccc2)[C@H](c2coc3ccccc3c2=O)C2=C(CC(C)(C)CC2=O)N1. The fraction of sp³-hybridized carbons (Fsp3) is 0.300. The van der Waals surface area contributed by atoms with Crippen LogP contribution in [-0.4, -0.2) is 25.0 Å². The lowest BCUT2D eigenvalue weighted by molar-refractivity contribution is -0.140. The number of ether oxygens (including phenoxy) is 2. The van der Waals surface area contributed by atoms with Gasteiger partial charge in [-0.25, -0.2) is 4.79 Å². The molecule has 2 aliphatic rings. The zero-order chi connectivity index (χ0) is 26.2. The molecular formula is C30H29NO6. The summed E-state index contributed by atoms with van der Waals surface area (Å²) < 4.78 is 17.0. The number of rotatable bonds is 6. The van der Waals surface area contributed by atoms with E-state index in [4.69, 9.17) is 13.9 Å². The summed E-state index contributed by atoms with van der Waals surface area (Å²) in [6.45, 7) is 6.01. The van der Waals surface area contributed by atoms with Crippen LogP contribution in [-0.2, 0) is 14.3 Å². The van der Waals surface area contributed by atoms with Crippen molar-refractivity contribution in [1.29, 1.82) is 0 Å². The van der Waals surface area contributed by atoms with Gasteiger partial charge >= 0.3 is 5.97 Å². The second kappa shape index (κ2) is 9.73. The van der Waals surface area contributed by atoms with Crippen LogP contribution >= 0.6 is 0 Å². The van der Waals surface area contributed by atoms with Crippen molar-refractivity contribution in [2.24, 2.45) is 5.41 Å². The van der Waals surface area contributed by atoms with Gasteiger partial charge in [0.1, 0.15) is 24.5 Å². The molecule has 0 saturated heterocycles. The number of carbonyl (C=O) groups is 2. The molecule has 190 valence electrons. The van der Waals surface area contributed by atoms with Gasteiger partial charge in [0.05, 0.1) is 23.1 Å². The molecule has 1 aliphatic heterocycles. The molecule has 1 aromatic heterocycles. The third kappa shape index (κ3) is 4.81. The van der Waals surface area contributed by atoms with E-state index in [0.717, 1.165) is 5.70 Å². The Hall–Kier alpha value is -4.13. The minimum atomic E-state index is -0.886. The monoisotopic (exact) mass is 499 g/mol. The van der Waals surface area contributed by atoms with Gasteiger partial charge in [-0.3, -0.25) is 9.59 Å². The maximum absolute atomic E-state index is 13.6. The van der Waals surface area contributed by atoms with Crippen molar-refractivity contribution in [3.05, 3.63) is 99.2 Å². The molecule has 7 heteroatoms. The highest BCUT2D eigenvalue weighted by atomic mass is 16.6. The number of hydrogen-bond acceptors (Lipinski definition) is 7. The predicted octanol–water partition coefficient (Wildman–Crippen LogP) is 5.02. The van der Waals surface area contributed by atoms with E-state index in [2.05, 4.69) is 5.32 Å². The number of hydrogen-bond donors (Lipinski definition) is 1. The minimum Gasteiger partial charge on any atom is -0.490 e. The van der Waals surface area contributed by atoms with Crippen LogP contribution in [0.5, 0.6) is 5.75 Å².